The van der Waals surface area contributed by atoms with Crippen molar-refractivity contribution in [3.63, 3.8) is 0 Å². The van der Waals surface area contributed by atoms with Crippen LogP contribution >= 0.6 is 11.8 Å². The molecule has 0 spiro atoms. The number of benzene rings is 1. The molecule has 4 heteroatoms. The lowest BCUT2D eigenvalue weighted by molar-refractivity contribution is 0.0757. The number of hydrogen-bond acceptors (Lipinski definition) is 3. The highest BCUT2D eigenvalue weighted by Gasteiger charge is 2.19. The minimum absolute atomic E-state index is 0.0301. The lowest BCUT2D eigenvalue weighted by Gasteiger charge is -2.25. The molecule has 1 atom stereocenters. The molecule has 0 fully saturated rings. The van der Waals surface area contributed by atoms with Crippen LogP contribution in [0.25, 0.3) is 0 Å². The van der Waals surface area contributed by atoms with E-state index in [4.69, 9.17) is 5.11 Å². The lowest BCUT2D eigenvalue weighted by atomic mass is 10.0. The Morgan fingerprint density at radius 2 is 2.20 bits per heavy atom. The molecule has 0 aliphatic rings. The number of aryl methyl sites for hydroxylation is 1. The van der Waals surface area contributed by atoms with Crippen molar-refractivity contribution in [2.24, 2.45) is 0 Å². The topological polar surface area (TPSA) is 40.5 Å². The van der Waals surface area contributed by atoms with Crippen molar-refractivity contribution in [3.8, 4) is 11.8 Å². The predicted octanol–water partition coefficient (Wildman–Crippen LogP) is 2.16. The van der Waals surface area contributed by atoms with Crippen LogP contribution in [0.1, 0.15) is 28.4 Å². The van der Waals surface area contributed by atoms with E-state index in [2.05, 4.69) is 11.8 Å². The van der Waals surface area contributed by atoms with Crippen molar-refractivity contribution in [2.45, 2.75) is 19.9 Å². The summed E-state index contributed by atoms with van der Waals surface area (Å²) >= 11 is 1.72. The number of rotatable bonds is 4. The second-order valence-corrected chi connectivity index (χ2v) is 5.64. The third-order valence-electron chi connectivity index (χ3n) is 3.10. The summed E-state index contributed by atoms with van der Waals surface area (Å²) in [6.45, 7) is 3.77. The summed E-state index contributed by atoms with van der Waals surface area (Å²) in [7, 11) is 1.81. The number of nitrogens with zero attached hydrogens (tertiary/aromatic N) is 1. The lowest BCUT2D eigenvalue weighted by Crippen LogP contribution is -2.37. The van der Waals surface area contributed by atoms with Gasteiger partial charge in [-0.1, -0.05) is 23.5 Å². The number of carbonyl (C=O) groups excluding carboxylic acids is 1. The first-order valence-electron chi connectivity index (χ1n) is 6.47. The van der Waals surface area contributed by atoms with Crippen LogP contribution in [-0.2, 0) is 0 Å². The first-order chi connectivity index (χ1) is 9.51. The zero-order valence-electron chi connectivity index (χ0n) is 12.4. The van der Waals surface area contributed by atoms with E-state index in [0.717, 1.165) is 11.3 Å². The van der Waals surface area contributed by atoms with Gasteiger partial charge in [0.05, 0.1) is 5.56 Å². The maximum atomic E-state index is 12.6. The normalized spacial score (nSPS) is 11.4. The molecule has 0 bridgehead atoms. The Bertz CT molecular complexity index is 531. The Morgan fingerprint density at radius 1 is 1.50 bits per heavy atom. The molecule has 0 saturated heterocycles. The van der Waals surface area contributed by atoms with E-state index in [1.165, 1.54) is 0 Å². The highest BCUT2D eigenvalue weighted by atomic mass is 32.2. The smallest absolute Gasteiger partial charge is 0.255 e. The van der Waals surface area contributed by atoms with Gasteiger partial charge in [0.15, 0.2) is 0 Å². The van der Waals surface area contributed by atoms with Crippen LogP contribution in [0, 0.1) is 18.8 Å². The molecule has 3 nitrogen and oxygen atoms in total. The minimum Gasteiger partial charge on any atom is -0.384 e. The van der Waals surface area contributed by atoms with E-state index in [0.29, 0.717) is 11.1 Å². The number of aliphatic hydroxyl groups is 1. The molecule has 0 radical (unpaired) electrons. The maximum absolute atomic E-state index is 12.6. The Kier molecular flexibility index (Phi) is 6.63. The monoisotopic (exact) mass is 291 g/mol. The third kappa shape index (κ3) is 4.29. The summed E-state index contributed by atoms with van der Waals surface area (Å²) < 4.78 is 0. The van der Waals surface area contributed by atoms with Gasteiger partial charge in [0.2, 0.25) is 0 Å². The molecule has 0 heterocycles. The summed E-state index contributed by atoms with van der Waals surface area (Å²) in [6, 6.07) is 5.77. The van der Waals surface area contributed by atoms with E-state index in [1.807, 2.05) is 45.4 Å². The first kappa shape index (κ1) is 16.6. The number of aliphatic hydroxyl groups excluding tert-OH is 1. The van der Waals surface area contributed by atoms with Gasteiger partial charge in [-0.2, -0.15) is 11.8 Å². The fourth-order valence-electron chi connectivity index (χ4n) is 1.82. The van der Waals surface area contributed by atoms with Crippen LogP contribution in [0.4, 0.5) is 0 Å². The summed E-state index contributed by atoms with van der Waals surface area (Å²) in [5.41, 5.74) is 2.29. The molecule has 0 aromatic heterocycles. The van der Waals surface area contributed by atoms with Gasteiger partial charge in [0, 0.05) is 24.4 Å². The van der Waals surface area contributed by atoms with Crippen molar-refractivity contribution >= 4 is 17.7 Å². The van der Waals surface area contributed by atoms with Crippen LogP contribution in [0.15, 0.2) is 18.2 Å². The molecule has 1 rings (SSSR count). The van der Waals surface area contributed by atoms with E-state index >= 15 is 0 Å². The van der Waals surface area contributed by atoms with E-state index < -0.39 is 0 Å². The van der Waals surface area contributed by atoms with Gasteiger partial charge in [-0.25, -0.2) is 0 Å². The molecule has 1 unspecified atom stereocenters. The van der Waals surface area contributed by atoms with Gasteiger partial charge < -0.3 is 10.0 Å². The molecule has 108 valence electrons. The fraction of sp³-hybridized carbons (Fsp3) is 0.438. The van der Waals surface area contributed by atoms with E-state index in [-0.39, 0.29) is 18.6 Å². The molecular formula is C16H21NO2S. The Hall–Kier alpha value is -1.44. The van der Waals surface area contributed by atoms with Crippen molar-refractivity contribution in [1.29, 1.82) is 0 Å². The first-order valence-corrected chi connectivity index (χ1v) is 7.87. The van der Waals surface area contributed by atoms with Crippen LogP contribution in [0.2, 0.25) is 0 Å². The number of carbonyl (C=O) groups is 1. The second-order valence-electron chi connectivity index (χ2n) is 4.73. The quantitative estimate of drug-likeness (QED) is 0.864. The second kappa shape index (κ2) is 7.98. The minimum atomic E-state index is -0.208. The van der Waals surface area contributed by atoms with Crippen LogP contribution < -0.4 is 0 Å². The Morgan fingerprint density at radius 3 is 2.80 bits per heavy atom. The molecular weight excluding hydrogens is 270 g/mol. The molecule has 0 aliphatic heterocycles. The maximum Gasteiger partial charge on any atom is 0.255 e. The third-order valence-corrected chi connectivity index (χ3v) is 3.91. The molecule has 1 aromatic carbocycles. The van der Waals surface area contributed by atoms with Crippen LogP contribution in [0.3, 0.4) is 0 Å². The average Bonchev–Trinajstić information content (AvgIpc) is 2.44. The average molecular weight is 291 g/mol. The number of hydrogen-bond donors (Lipinski definition) is 1. The van der Waals surface area contributed by atoms with Gasteiger partial charge in [0.25, 0.3) is 5.91 Å². The predicted molar refractivity (Wildman–Crippen MR) is 85.1 cm³/mol. The largest absolute Gasteiger partial charge is 0.384 e. The van der Waals surface area contributed by atoms with Crippen molar-refractivity contribution < 1.29 is 9.90 Å². The summed E-state index contributed by atoms with van der Waals surface area (Å²) in [5.74, 6) is 6.31. The van der Waals surface area contributed by atoms with Crippen molar-refractivity contribution in [1.82, 2.24) is 4.90 Å². The molecule has 0 saturated carbocycles. The zero-order valence-corrected chi connectivity index (χ0v) is 13.3. The van der Waals surface area contributed by atoms with Crippen LogP contribution in [-0.4, -0.2) is 47.6 Å². The molecule has 20 heavy (non-hydrogen) atoms. The van der Waals surface area contributed by atoms with Gasteiger partial charge in [-0.05, 0) is 32.2 Å². The molecule has 1 N–H and O–H groups in total. The Balaban J connectivity index is 3.10. The summed E-state index contributed by atoms with van der Waals surface area (Å²) in [6.07, 6.45) is 2.03. The van der Waals surface area contributed by atoms with Gasteiger partial charge >= 0.3 is 0 Å². The SMILES string of the molecule is CSCC(C)N(C)C(=O)c1cc(C)ccc1C#CCO. The zero-order chi connectivity index (χ0) is 15.1. The van der Waals surface area contributed by atoms with Crippen molar-refractivity contribution in [2.75, 3.05) is 25.7 Å². The fourth-order valence-corrected chi connectivity index (χ4v) is 2.53. The Labute approximate surface area is 125 Å². The molecule has 1 aromatic rings. The molecule has 0 aliphatic carbocycles. The highest BCUT2D eigenvalue weighted by molar-refractivity contribution is 7.98. The number of thioether (sulfide) groups is 1. The number of amides is 1. The highest BCUT2D eigenvalue weighted by Crippen LogP contribution is 2.15. The van der Waals surface area contributed by atoms with E-state index in [1.54, 1.807) is 16.7 Å². The van der Waals surface area contributed by atoms with Crippen molar-refractivity contribution in [3.05, 3.63) is 34.9 Å². The van der Waals surface area contributed by atoms with Gasteiger partial charge in [-0.3, -0.25) is 4.79 Å². The van der Waals surface area contributed by atoms with Gasteiger partial charge in [0.1, 0.15) is 6.61 Å². The standard InChI is InChI=1S/C16H21NO2S/c1-12-7-8-14(6-5-9-18)15(10-12)16(19)17(3)13(2)11-20-4/h7-8,10,13,18H,9,11H2,1-4H3. The van der Waals surface area contributed by atoms with Gasteiger partial charge in [-0.15, -0.1) is 0 Å². The van der Waals surface area contributed by atoms with E-state index in [9.17, 15) is 4.79 Å². The summed E-state index contributed by atoms with van der Waals surface area (Å²) in [5, 5.41) is 8.81. The van der Waals surface area contributed by atoms with Crippen LogP contribution in [0.5, 0.6) is 0 Å². The molecule has 1 amide bonds. The summed E-state index contributed by atoms with van der Waals surface area (Å²) in [4.78, 5) is 14.3.